The van der Waals surface area contributed by atoms with E-state index < -0.39 is 19.2 Å². The number of primary amides is 1. The SMILES string of the molecule is C=CCc1c(C(CC=O)P(=O)(O)O)ccc2c1c(CC(N)=O)c(CC)n2Cc1ccccc1. The minimum Gasteiger partial charge on any atom is -0.369 e. The van der Waals surface area contributed by atoms with Gasteiger partial charge in [-0.2, -0.15) is 0 Å². The van der Waals surface area contributed by atoms with Gasteiger partial charge < -0.3 is 24.9 Å². The fourth-order valence-electron chi connectivity index (χ4n) is 4.59. The van der Waals surface area contributed by atoms with E-state index in [4.69, 9.17) is 5.73 Å². The Kier molecular flexibility index (Phi) is 7.69. The molecule has 0 aliphatic heterocycles. The Bertz CT molecular complexity index is 1230. The molecule has 0 bridgehead atoms. The number of carbonyl (C=O) groups excluding carboxylic acids is 2. The van der Waals surface area contributed by atoms with Gasteiger partial charge in [0.2, 0.25) is 5.91 Å². The minimum absolute atomic E-state index is 0.00329. The number of rotatable bonds is 11. The van der Waals surface area contributed by atoms with Crippen LogP contribution in [0.2, 0.25) is 0 Å². The number of amides is 1. The standard InChI is InChI=1S/C25H29N2O5P/c1-3-8-19-18(23(13-14-28)33(30,31)32)11-12-22-25(19)20(15-24(26)29)21(4-2)27(22)16-17-9-6-5-7-10-17/h3,5-7,9-12,14,23H,1,4,8,13,15-16H2,2H3,(H2,26,29)(H2,30,31,32). The molecule has 7 nitrogen and oxygen atoms in total. The van der Waals surface area contributed by atoms with Gasteiger partial charge in [0.1, 0.15) is 6.29 Å². The third-order valence-electron chi connectivity index (χ3n) is 5.90. The predicted octanol–water partition coefficient (Wildman–Crippen LogP) is 3.82. The van der Waals surface area contributed by atoms with Crippen LogP contribution in [0.5, 0.6) is 0 Å². The first-order valence-corrected chi connectivity index (χ1v) is 12.5. The first kappa shape index (κ1) is 24.6. The largest absolute Gasteiger partial charge is 0.369 e. The zero-order chi connectivity index (χ0) is 24.2. The molecule has 0 aliphatic carbocycles. The van der Waals surface area contributed by atoms with Crippen molar-refractivity contribution in [3.8, 4) is 0 Å². The number of carbonyl (C=O) groups is 2. The molecule has 1 heterocycles. The summed E-state index contributed by atoms with van der Waals surface area (Å²) in [6.45, 7) is 6.39. The molecule has 0 aliphatic rings. The van der Waals surface area contributed by atoms with Crippen molar-refractivity contribution in [3.05, 3.63) is 83.1 Å². The van der Waals surface area contributed by atoms with Gasteiger partial charge in [0, 0.05) is 29.6 Å². The van der Waals surface area contributed by atoms with Gasteiger partial charge in [-0.25, -0.2) is 0 Å². The van der Waals surface area contributed by atoms with Crippen molar-refractivity contribution in [1.29, 1.82) is 0 Å². The molecule has 2 aromatic carbocycles. The van der Waals surface area contributed by atoms with Crippen molar-refractivity contribution in [2.24, 2.45) is 5.73 Å². The number of benzene rings is 2. The van der Waals surface area contributed by atoms with Crippen LogP contribution in [0.3, 0.4) is 0 Å². The number of allylic oxidation sites excluding steroid dienone is 1. The van der Waals surface area contributed by atoms with E-state index >= 15 is 0 Å². The highest BCUT2D eigenvalue weighted by molar-refractivity contribution is 7.52. The van der Waals surface area contributed by atoms with Crippen LogP contribution in [0.1, 0.15) is 47.0 Å². The van der Waals surface area contributed by atoms with E-state index in [-0.39, 0.29) is 12.8 Å². The normalized spacial score (nSPS) is 12.6. The third kappa shape index (κ3) is 5.17. The highest BCUT2D eigenvalue weighted by Crippen LogP contribution is 2.55. The lowest BCUT2D eigenvalue weighted by Gasteiger charge is -2.21. The van der Waals surface area contributed by atoms with Crippen LogP contribution in [0.15, 0.2) is 55.1 Å². The maximum atomic E-state index is 12.3. The van der Waals surface area contributed by atoms with Crippen LogP contribution < -0.4 is 5.73 Å². The molecule has 174 valence electrons. The molecule has 0 radical (unpaired) electrons. The van der Waals surface area contributed by atoms with Gasteiger partial charge in [-0.15, -0.1) is 6.58 Å². The number of hydrogen-bond acceptors (Lipinski definition) is 3. The first-order valence-electron chi connectivity index (χ1n) is 10.8. The number of aromatic nitrogens is 1. The molecule has 1 unspecified atom stereocenters. The maximum absolute atomic E-state index is 12.3. The molecule has 0 saturated heterocycles. The molecular formula is C25H29N2O5P. The fourth-order valence-corrected chi connectivity index (χ4v) is 5.56. The fraction of sp³-hybridized carbons (Fsp3) is 0.280. The summed E-state index contributed by atoms with van der Waals surface area (Å²) < 4.78 is 14.4. The van der Waals surface area contributed by atoms with Gasteiger partial charge in [0.15, 0.2) is 0 Å². The summed E-state index contributed by atoms with van der Waals surface area (Å²) >= 11 is 0. The number of nitrogens with zero attached hydrogens (tertiary/aromatic N) is 1. The maximum Gasteiger partial charge on any atom is 0.333 e. The lowest BCUT2D eigenvalue weighted by atomic mass is 9.93. The Morgan fingerprint density at radius 1 is 1.18 bits per heavy atom. The zero-order valence-corrected chi connectivity index (χ0v) is 19.5. The van der Waals surface area contributed by atoms with Gasteiger partial charge >= 0.3 is 7.60 Å². The molecule has 4 N–H and O–H groups in total. The predicted molar refractivity (Wildman–Crippen MR) is 129 cm³/mol. The van der Waals surface area contributed by atoms with Crippen molar-refractivity contribution in [2.45, 2.75) is 44.8 Å². The number of fused-ring (bicyclic) bond motifs is 1. The molecule has 0 fully saturated rings. The summed E-state index contributed by atoms with van der Waals surface area (Å²) in [4.78, 5) is 43.3. The number of hydrogen-bond donors (Lipinski definition) is 3. The molecule has 8 heteroatoms. The van der Waals surface area contributed by atoms with Gasteiger partial charge in [-0.05, 0) is 41.2 Å². The second-order valence-corrected chi connectivity index (χ2v) is 9.82. The number of aldehydes is 1. The zero-order valence-electron chi connectivity index (χ0n) is 18.6. The monoisotopic (exact) mass is 468 g/mol. The lowest BCUT2D eigenvalue weighted by Crippen LogP contribution is -2.15. The smallest absolute Gasteiger partial charge is 0.333 e. The van der Waals surface area contributed by atoms with Crippen LogP contribution in [0, 0.1) is 0 Å². The van der Waals surface area contributed by atoms with E-state index in [1.807, 2.05) is 43.3 Å². The molecule has 33 heavy (non-hydrogen) atoms. The first-order chi connectivity index (χ1) is 15.7. The third-order valence-corrected chi connectivity index (χ3v) is 7.20. The van der Waals surface area contributed by atoms with E-state index in [2.05, 4.69) is 11.1 Å². The summed E-state index contributed by atoms with van der Waals surface area (Å²) in [6.07, 6.45) is 2.84. The number of nitrogens with two attached hydrogens (primary N) is 1. The Hall–Kier alpha value is -2.99. The molecule has 1 aromatic heterocycles. The quantitative estimate of drug-likeness (QED) is 0.224. The molecule has 0 spiro atoms. The van der Waals surface area contributed by atoms with E-state index in [9.17, 15) is 23.9 Å². The Morgan fingerprint density at radius 3 is 2.42 bits per heavy atom. The highest BCUT2D eigenvalue weighted by Gasteiger charge is 2.33. The topological polar surface area (TPSA) is 123 Å². The van der Waals surface area contributed by atoms with Crippen LogP contribution in [0.25, 0.3) is 10.9 Å². The van der Waals surface area contributed by atoms with Crippen LogP contribution in [0.4, 0.5) is 0 Å². The van der Waals surface area contributed by atoms with Crippen molar-refractivity contribution in [1.82, 2.24) is 4.57 Å². The van der Waals surface area contributed by atoms with Crippen molar-refractivity contribution < 1.29 is 23.9 Å². The molecule has 1 amide bonds. The molecular weight excluding hydrogens is 439 g/mol. The summed E-state index contributed by atoms with van der Waals surface area (Å²) in [5.74, 6) is -0.488. The Labute approximate surface area is 193 Å². The van der Waals surface area contributed by atoms with Crippen LogP contribution in [-0.4, -0.2) is 26.5 Å². The lowest BCUT2D eigenvalue weighted by molar-refractivity contribution is -0.117. The Balaban J connectivity index is 2.40. The average molecular weight is 468 g/mol. The average Bonchev–Trinajstić information content (AvgIpc) is 3.04. The van der Waals surface area contributed by atoms with E-state index in [0.29, 0.717) is 36.8 Å². The summed E-state index contributed by atoms with van der Waals surface area (Å²) in [5, 5.41) is 0.753. The summed E-state index contributed by atoms with van der Waals surface area (Å²) in [6, 6.07) is 13.4. The van der Waals surface area contributed by atoms with Crippen LogP contribution >= 0.6 is 7.60 Å². The van der Waals surface area contributed by atoms with E-state index in [1.165, 1.54) is 0 Å². The summed E-state index contributed by atoms with van der Waals surface area (Å²) in [7, 11) is -4.62. The van der Waals surface area contributed by atoms with E-state index in [0.717, 1.165) is 27.7 Å². The highest BCUT2D eigenvalue weighted by atomic mass is 31.2. The van der Waals surface area contributed by atoms with E-state index in [1.54, 1.807) is 12.1 Å². The second kappa shape index (κ2) is 10.3. The van der Waals surface area contributed by atoms with Crippen molar-refractivity contribution >= 4 is 30.7 Å². The second-order valence-electron chi connectivity index (χ2n) is 8.02. The minimum atomic E-state index is -4.62. The molecule has 1 atom stereocenters. The molecule has 0 saturated carbocycles. The summed E-state index contributed by atoms with van der Waals surface area (Å²) in [5.41, 5.74) is 9.02. The van der Waals surface area contributed by atoms with Crippen LogP contribution in [-0.2, 0) is 40.0 Å². The van der Waals surface area contributed by atoms with Gasteiger partial charge in [-0.1, -0.05) is 49.4 Å². The van der Waals surface area contributed by atoms with Gasteiger partial charge in [-0.3, -0.25) is 9.36 Å². The Morgan fingerprint density at radius 2 is 1.88 bits per heavy atom. The van der Waals surface area contributed by atoms with Crippen molar-refractivity contribution in [3.63, 3.8) is 0 Å². The van der Waals surface area contributed by atoms with Gasteiger partial charge in [0.25, 0.3) is 0 Å². The van der Waals surface area contributed by atoms with Crippen molar-refractivity contribution in [2.75, 3.05) is 0 Å². The molecule has 3 rings (SSSR count). The molecule has 3 aromatic rings. The van der Waals surface area contributed by atoms with Gasteiger partial charge in [0.05, 0.1) is 12.1 Å².